The number of benzene rings is 3. The molecule has 2 N–H and O–H groups in total. The number of anilines is 1. The van der Waals surface area contributed by atoms with Gasteiger partial charge < -0.3 is 9.84 Å². The van der Waals surface area contributed by atoms with Crippen molar-refractivity contribution in [2.45, 2.75) is 12.8 Å². The molecule has 0 saturated heterocycles. The Kier molecular flexibility index (Phi) is 4.76. The molecule has 0 aromatic heterocycles. The predicted molar refractivity (Wildman–Crippen MR) is 107 cm³/mol. The summed E-state index contributed by atoms with van der Waals surface area (Å²) in [6, 6.07) is 18.1. The van der Waals surface area contributed by atoms with Gasteiger partial charge in [0.25, 0.3) is 0 Å². The molecule has 0 unspecified atom stereocenters. The van der Waals surface area contributed by atoms with E-state index in [1.54, 1.807) is 6.92 Å². The zero-order valence-electron chi connectivity index (χ0n) is 15.6. The number of aromatic carboxylic acids is 1. The van der Waals surface area contributed by atoms with Crippen LogP contribution in [0.25, 0.3) is 11.1 Å². The Morgan fingerprint density at radius 2 is 1.62 bits per heavy atom. The molecule has 4 rings (SSSR count). The Morgan fingerprint density at radius 3 is 2.21 bits per heavy atom. The largest absolute Gasteiger partial charge is 0.478 e. The van der Waals surface area contributed by atoms with Crippen LogP contribution in [0.15, 0.2) is 60.7 Å². The number of carboxylic acid groups (broad SMARTS) is 1. The first-order chi connectivity index (χ1) is 14.0. The summed E-state index contributed by atoms with van der Waals surface area (Å²) in [4.78, 5) is 23.5. The Morgan fingerprint density at radius 1 is 1.03 bits per heavy atom. The highest BCUT2D eigenvalue weighted by Gasteiger charge is 2.29. The first-order valence-corrected chi connectivity index (χ1v) is 9.11. The Labute approximate surface area is 166 Å². The summed E-state index contributed by atoms with van der Waals surface area (Å²) in [6.07, 6.45) is -0.724. The Hall–Kier alpha value is -3.67. The van der Waals surface area contributed by atoms with Gasteiger partial charge in [0.2, 0.25) is 0 Å². The minimum absolute atomic E-state index is 0.0861. The monoisotopic (exact) mass is 391 g/mol. The van der Waals surface area contributed by atoms with E-state index in [4.69, 9.17) is 9.84 Å². The van der Waals surface area contributed by atoms with Crippen molar-refractivity contribution in [3.05, 3.63) is 88.7 Å². The third-order valence-corrected chi connectivity index (χ3v) is 5.12. The molecule has 0 radical (unpaired) electrons. The van der Waals surface area contributed by atoms with Crippen LogP contribution in [-0.4, -0.2) is 23.8 Å². The average Bonchev–Trinajstić information content (AvgIpc) is 3.02. The molecule has 0 saturated carbocycles. The number of ether oxygens (including phenoxy) is 1. The molecule has 0 spiro atoms. The van der Waals surface area contributed by atoms with Crippen LogP contribution >= 0.6 is 0 Å². The number of fused-ring (bicyclic) bond motifs is 3. The van der Waals surface area contributed by atoms with Gasteiger partial charge in [0.15, 0.2) is 0 Å². The van der Waals surface area contributed by atoms with Crippen molar-refractivity contribution in [3.8, 4) is 11.1 Å². The molecule has 0 heterocycles. The molecule has 1 aliphatic carbocycles. The van der Waals surface area contributed by atoms with E-state index < -0.39 is 23.4 Å². The molecule has 1 amide bonds. The first-order valence-electron chi connectivity index (χ1n) is 9.11. The van der Waals surface area contributed by atoms with Gasteiger partial charge in [-0.15, -0.1) is 0 Å². The van der Waals surface area contributed by atoms with Crippen molar-refractivity contribution < 1.29 is 23.8 Å². The van der Waals surface area contributed by atoms with Gasteiger partial charge in [-0.25, -0.2) is 14.0 Å². The van der Waals surface area contributed by atoms with Crippen molar-refractivity contribution in [3.63, 3.8) is 0 Å². The van der Waals surface area contributed by atoms with Crippen LogP contribution in [0.4, 0.5) is 14.9 Å². The fourth-order valence-corrected chi connectivity index (χ4v) is 3.72. The second-order valence-corrected chi connectivity index (χ2v) is 6.90. The number of carboxylic acids is 1. The second kappa shape index (κ2) is 7.39. The molecule has 0 fully saturated rings. The number of hydrogen-bond donors (Lipinski definition) is 2. The number of halogens is 1. The van der Waals surface area contributed by atoms with Gasteiger partial charge >= 0.3 is 12.1 Å². The van der Waals surface area contributed by atoms with Gasteiger partial charge in [-0.2, -0.15) is 0 Å². The van der Waals surface area contributed by atoms with Crippen molar-refractivity contribution in [1.82, 2.24) is 0 Å². The molecule has 0 aliphatic heterocycles. The van der Waals surface area contributed by atoms with Gasteiger partial charge in [0.1, 0.15) is 12.4 Å². The van der Waals surface area contributed by atoms with Crippen molar-refractivity contribution >= 4 is 17.7 Å². The molecular weight excluding hydrogens is 373 g/mol. The molecule has 6 heteroatoms. The Bertz CT molecular complexity index is 1080. The highest BCUT2D eigenvalue weighted by Crippen LogP contribution is 2.44. The number of amides is 1. The number of aryl methyl sites for hydroxylation is 1. The summed E-state index contributed by atoms with van der Waals surface area (Å²) in [5.41, 5.74) is 4.52. The van der Waals surface area contributed by atoms with E-state index in [0.717, 1.165) is 34.4 Å². The average molecular weight is 391 g/mol. The predicted octanol–water partition coefficient (Wildman–Crippen LogP) is 5.19. The van der Waals surface area contributed by atoms with Crippen LogP contribution in [0, 0.1) is 12.7 Å². The van der Waals surface area contributed by atoms with E-state index in [0.29, 0.717) is 5.56 Å². The Balaban J connectivity index is 1.51. The lowest BCUT2D eigenvalue weighted by Gasteiger charge is -2.15. The van der Waals surface area contributed by atoms with E-state index in [2.05, 4.69) is 5.32 Å². The maximum Gasteiger partial charge on any atom is 0.411 e. The minimum atomic E-state index is -1.40. The van der Waals surface area contributed by atoms with E-state index in [9.17, 15) is 14.0 Å². The number of carbonyl (C=O) groups is 2. The standard InChI is InChI=1S/C23H18FNO4/c1-13-10-20(24)18(22(26)27)11-21(13)25-23(28)29-12-19-16-8-4-2-6-14(16)15-7-3-5-9-17(15)19/h2-11,19H,12H2,1H3,(H,25,28)(H,26,27). The molecule has 146 valence electrons. The van der Waals surface area contributed by atoms with Crippen LogP contribution in [-0.2, 0) is 4.74 Å². The maximum absolute atomic E-state index is 13.7. The van der Waals surface area contributed by atoms with Crippen LogP contribution in [0.2, 0.25) is 0 Å². The number of hydrogen-bond acceptors (Lipinski definition) is 3. The second-order valence-electron chi connectivity index (χ2n) is 6.90. The topological polar surface area (TPSA) is 75.6 Å². The summed E-state index contributed by atoms with van der Waals surface area (Å²) in [5.74, 6) is -2.34. The summed E-state index contributed by atoms with van der Waals surface area (Å²) >= 11 is 0. The van der Waals surface area contributed by atoms with Crippen LogP contribution < -0.4 is 5.32 Å². The zero-order chi connectivity index (χ0) is 20.5. The molecule has 29 heavy (non-hydrogen) atoms. The minimum Gasteiger partial charge on any atom is -0.478 e. The highest BCUT2D eigenvalue weighted by atomic mass is 19.1. The van der Waals surface area contributed by atoms with Crippen molar-refractivity contribution in [1.29, 1.82) is 0 Å². The van der Waals surface area contributed by atoms with Crippen molar-refractivity contribution in [2.75, 3.05) is 11.9 Å². The lowest BCUT2D eigenvalue weighted by Crippen LogP contribution is -2.19. The van der Waals surface area contributed by atoms with Crippen LogP contribution in [0.3, 0.4) is 0 Å². The van der Waals surface area contributed by atoms with Crippen LogP contribution in [0.1, 0.15) is 33.0 Å². The smallest absolute Gasteiger partial charge is 0.411 e. The summed E-state index contributed by atoms with van der Waals surface area (Å²) in [5, 5.41) is 11.6. The lowest BCUT2D eigenvalue weighted by molar-refractivity contribution is 0.0691. The zero-order valence-corrected chi connectivity index (χ0v) is 15.6. The van der Waals surface area contributed by atoms with Gasteiger partial charge in [-0.3, -0.25) is 5.32 Å². The summed E-state index contributed by atoms with van der Waals surface area (Å²) < 4.78 is 19.2. The molecule has 1 aliphatic rings. The molecule has 0 bridgehead atoms. The van der Waals surface area contributed by atoms with Crippen LogP contribution in [0.5, 0.6) is 0 Å². The third kappa shape index (κ3) is 3.45. The van der Waals surface area contributed by atoms with E-state index in [1.807, 2.05) is 48.5 Å². The first kappa shape index (κ1) is 18.7. The van der Waals surface area contributed by atoms with Gasteiger partial charge in [-0.05, 0) is 46.9 Å². The number of carbonyl (C=O) groups excluding carboxylic acids is 1. The van der Waals surface area contributed by atoms with Gasteiger partial charge in [0, 0.05) is 11.6 Å². The fraction of sp³-hybridized carbons (Fsp3) is 0.130. The quantitative estimate of drug-likeness (QED) is 0.641. The molecular formula is C23H18FNO4. The summed E-state index contributed by atoms with van der Waals surface area (Å²) in [6.45, 7) is 1.71. The normalized spacial score (nSPS) is 12.2. The summed E-state index contributed by atoms with van der Waals surface area (Å²) in [7, 11) is 0. The SMILES string of the molecule is Cc1cc(F)c(C(=O)O)cc1NC(=O)OCC1c2ccccc2-c2ccccc21. The molecule has 3 aromatic carbocycles. The van der Waals surface area contributed by atoms with Crippen molar-refractivity contribution in [2.24, 2.45) is 0 Å². The maximum atomic E-state index is 13.7. The molecule has 0 atom stereocenters. The van der Waals surface area contributed by atoms with E-state index >= 15 is 0 Å². The van der Waals surface area contributed by atoms with Gasteiger partial charge in [-0.1, -0.05) is 48.5 Å². The fourth-order valence-electron chi connectivity index (χ4n) is 3.72. The van der Waals surface area contributed by atoms with E-state index in [1.165, 1.54) is 0 Å². The lowest BCUT2D eigenvalue weighted by atomic mass is 9.98. The third-order valence-electron chi connectivity index (χ3n) is 5.12. The van der Waals surface area contributed by atoms with E-state index in [-0.39, 0.29) is 18.2 Å². The molecule has 3 aromatic rings. The number of nitrogens with one attached hydrogen (secondary N) is 1. The highest BCUT2D eigenvalue weighted by molar-refractivity contribution is 5.92. The molecule has 5 nitrogen and oxygen atoms in total. The van der Waals surface area contributed by atoms with Gasteiger partial charge in [0.05, 0.1) is 5.56 Å². The number of rotatable bonds is 4.